The maximum absolute atomic E-state index is 5.73. The Kier molecular flexibility index (Phi) is 3.53. The van der Waals surface area contributed by atoms with Crippen molar-refractivity contribution in [3.63, 3.8) is 0 Å². The number of nitrogens with two attached hydrogens (primary N) is 1. The molecule has 0 aromatic rings. The molecule has 1 heterocycles. The maximum Gasteiger partial charge on any atom is 0.00695 e. The second kappa shape index (κ2) is 4.24. The van der Waals surface area contributed by atoms with Crippen LogP contribution in [0.1, 0.15) is 27.2 Å². The molecule has 0 aromatic carbocycles. The molecular weight excluding hydrogens is 148 g/mol. The summed E-state index contributed by atoms with van der Waals surface area (Å²) < 4.78 is 0. The second-order valence-corrected chi connectivity index (χ2v) is 4.15. The molecule has 1 fully saturated rings. The first-order valence-corrected chi connectivity index (χ1v) is 5.13. The minimum Gasteiger partial charge on any atom is -0.330 e. The van der Waals surface area contributed by atoms with Crippen LogP contribution >= 0.6 is 0 Å². The van der Waals surface area contributed by atoms with Crippen molar-refractivity contribution in [1.29, 1.82) is 0 Å². The summed E-state index contributed by atoms with van der Waals surface area (Å²) in [5.74, 6) is 1.54. The van der Waals surface area contributed by atoms with E-state index in [9.17, 15) is 0 Å². The second-order valence-electron chi connectivity index (χ2n) is 4.15. The van der Waals surface area contributed by atoms with E-state index in [0.717, 1.165) is 24.4 Å². The molecule has 1 rings (SSSR count). The number of hydrogen-bond acceptors (Lipinski definition) is 2. The van der Waals surface area contributed by atoms with Gasteiger partial charge in [-0.15, -0.1) is 0 Å². The number of hydrogen-bond donors (Lipinski definition) is 1. The largest absolute Gasteiger partial charge is 0.330 e. The molecular formula is C10H22N2. The highest BCUT2D eigenvalue weighted by atomic mass is 15.2. The summed E-state index contributed by atoms with van der Waals surface area (Å²) in [5.41, 5.74) is 5.73. The molecule has 0 spiro atoms. The monoisotopic (exact) mass is 170 g/mol. The zero-order valence-corrected chi connectivity index (χ0v) is 8.59. The average molecular weight is 170 g/mol. The molecule has 1 aliphatic heterocycles. The lowest BCUT2D eigenvalue weighted by Crippen LogP contribution is -2.47. The van der Waals surface area contributed by atoms with E-state index in [-0.39, 0.29) is 0 Å². The smallest absolute Gasteiger partial charge is 0.00695 e. The van der Waals surface area contributed by atoms with Crippen LogP contribution in [0.15, 0.2) is 0 Å². The Bertz CT molecular complexity index is 122. The van der Waals surface area contributed by atoms with Gasteiger partial charge in [0.25, 0.3) is 0 Å². The summed E-state index contributed by atoms with van der Waals surface area (Å²) in [7, 11) is 0. The Morgan fingerprint density at radius 2 is 2.08 bits per heavy atom. The maximum atomic E-state index is 5.73. The third-order valence-electron chi connectivity index (χ3n) is 3.32. The lowest BCUT2D eigenvalue weighted by molar-refractivity contribution is 0.0867. The van der Waals surface area contributed by atoms with Gasteiger partial charge in [-0.3, -0.25) is 0 Å². The van der Waals surface area contributed by atoms with Crippen LogP contribution in [0.25, 0.3) is 0 Å². The van der Waals surface area contributed by atoms with Gasteiger partial charge in [0.1, 0.15) is 0 Å². The van der Waals surface area contributed by atoms with Crippen LogP contribution in [0.3, 0.4) is 0 Å². The van der Waals surface area contributed by atoms with Gasteiger partial charge in [0.05, 0.1) is 0 Å². The SMILES string of the molecule is CCN1CC(CN)C(C)CC1C. The fourth-order valence-electron chi connectivity index (χ4n) is 2.29. The van der Waals surface area contributed by atoms with E-state index in [1.165, 1.54) is 19.5 Å². The van der Waals surface area contributed by atoms with Gasteiger partial charge < -0.3 is 10.6 Å². The van der Waals surface area contributed by atoms with Crippen LogP contribution < -0.4 is 5.73 Å². The number of likely N-dealkylation sites (tertiary alicyclic amines) is 1. The molecule has 0 saturated carbocycles. The van der Waals surface area contributed by atoms with Gasteiger partial charge >= 0.3 is 0 Å². The van der Waals surface area contributed by atoms with Gasteiger partial charge in [-0.1, -0.05) is 13.8 Å². The first-order valence-electron chi connectivity index (χ1n) is 5.13. The third-order valence-corrected chi connectivity index (χ3v) is 3.32. The number of piperidine rings is 1. The van der Waals surface area contributed by atoms with Crippen molar-refractivity contribution in [2.24, 2.45) is 17.6 Å². The van der Waals surface area contributed by atoms with Crippen molar-refractivity contribution in [1.82, 2.24) is 4.90 Å². The van der Waals surface area contributed by atoms with E-state index in [1.807, 2.05) is 0 Å². The molecule has 2 N–H and O–H groups in total. The molecule has 72 valence electrons. The van der Waals surface area contributed by atoms with E-state index < -0.39 is 0 Å². The molecule has 1 saturated heterocycles. The molecule has 3 atom stereocenters. The van der Waals surface area contributed by atoms with Gasteiger partial charge in [0, 0.05) is 12.6 Å². The Balaban J connectivity index is 2.50. The minimum atomic E-state index is 0.723. The number of rotatable bonds is 2. The molecule has 0 aromatic heterocycles. The highest BCUT2D eigenvalue weighted by Gasteiger charge is 2.28. The lowest BCUT2D eigenvalue weighted by atomic mass is 9.84. The van der Waals surface area contributed by atoms with Crippen LogP contribution in [-0.4, -0.2) is 30.6 Å². The number of nitrogens with zero attached hydrogens (tertiary/aromatic N) is 1. The summed E-state index contributed by atoms with van der Waals surface area (Å²) in [5, 5.41) is 0. The molecule has 0 radical (unpaired) electrons. The van der Waals surface area contributed by atoms with Crippen molar-refractivity contribution in [3.05, 3.63) is 0 Å². The fraction of sp³-hybridized carbons (Fsp3) is 1.00. The predicted molar refractivity (Wildman–Crippen MR) is 53.0 cm³/mol. The Hall–Kier alpha value is -0.0800. The Morgan fingerprint density at radius 3 is 2.58 bits per heavy atom. The van der Waals surface area contributed by atoms with Crippen LogP contribution in [0.5, 0.6) is 0 Å². The normalized spacial score (nSPS) is 38.5. The molecule has 0 amide bonds. The van der Waals surface area contributed by atoms with Crippen molar-refractivity contribution in [3.8, 4) is 0 Å². The highest BCUT2D eigenvalue weighted by Crippen LogP contribution is 2.26. The van der Waals surface area contributed by atoms with E-state index >= 15 is 0 Å². The average Bonchev–Trinajstić information content (AvgIpc) is 2.05. The van der Waals surface area contributed by atoms with Crippen molar-refractivity contribution in [2.75, 3.05) is 19.6 Å². The van der Waals surface area contributed by atoms with Crippen molar-refractivity contribution >= 4 is 0 Å². The zero-order valence-electron chi connectivity index (χ0n) is 8.59. The first kappa shape index (κ1) is 10.0. The molecule has 0 aliphatic carbocycles. The molecule has 1 aliphatic rings. The Morgan fingerprint density at radius 1 is 1.42 bits per heavy atom. The summed E-state index contributed by atoms with van der Waals surface area (Å²) >= 11 is 0. The molecule has 2 heteroatoms. The van der Waals surface area contributed by atoms with Gasteiger partial charge in [-0.05, 0) is 38.3 Å². The van der Waals surface area contributed by atoms with Crippen LogP contribution in [0, 0.1) is 11.8 Å². The van der Waals surface area contributed by atoms with Gasteiger partial charge in [0.2, 0.25) is 0 Å². The molecule has 2 nitrogen and oxygen atoms in total. The molecule has 12 heavy (non-hydrogen) atoms. The zero-order chi connectivity index (χ0) is 9.14. The van der Waals surface area contributed by atoms with E-state index in [1.54, 1.807) is 0 Å². The van der Waals surface area contributed by atoms with E-state index in [0.29, 0.717) is 0 Å². The standard InChI is InChI=1S/C10H22N2/c1-4-12-7-10(6-11)8(2)5-9(12)3/h8-10H,4-7,11H2,1-3H3. The third kappa shape index (κ3) is 1.99. The van der Waals surface area contributed by atoms with Crippen LogP contribution in [-0.2, 0) is 0 Å². The Labute approximate surface area is 76.1 Å². The topological polar surface area (TPSA) is 29.3 Å². The first-order chi connectivity index (χ1) is 5.69. The van der Waals surface area contributed by atoms with Crippen molar-refractivity contribution in [2.45, 2.75) is 33.2 Å². The van der Waals surface area contributed by atoms with Gasteiger partial charge in [-0.2, -0.15) is 0 Å². The van der Waals surface area contributed by atoms with E-state index in [4.69, 9.17) is 5.73 Å². The van der Waals surface area contributed by atoms with Gasteiger partial charge in [0.15, 0.2) is 0 Å². The quantitative estimate of drug-likeness (QED) is 0.677. The van der Waals surface area contributed by atoms with Crippen molar-refractivity contribution < 1.29 is 0 Å². The highest BCUT2D eigenvalue weighted by molar-refractivity contribution is 4.82. The summed E-state index contributed by atoms with van der Waals surface area (Å²) in [4.78, 5) is 2.54. The summed E-state index contributed by atoms with van der Waals surface area (Å²) in [6.07, 6.45) is 1.32. The summed E-state index contributed by atoms with van der Waals surface area (Å²) in [6.45, 7) is 10.1. The molecule has 3 unspecified atom stereocenters. The molecule has 0 bridgehead atoms. The van der Waals surface area contributed by atoms with Gasteiger partial charge in [-0.25, -0.2) is 0 Å². The summed E-state index contributed by atoms with van der Waals surface area (Å²) in [6, 6.07) is 0.757. The van der Waals surface area contributed by atoms with E-state index in [2.05, 4.69) is 25.7 Å². The fourth-order valence-corrected chi connectivity index (χ4v) is 2.29. The van der Waals surface area contributed by atoms with Crippen LogP contribution in [0.4, 0.5) is 0 Å². The predicted octanol–water partition coefficient (Wildman–Crippen LogP) is 1.31. The minimum absolute atomic E-state index is 0.723. The van der Waals surface area contributed by atoms with Crippen LogP contribution in [0.2, 0.25) is 0 Å². The lowest BCUT2D eigenvalue weighted by Gasteiger charge is -2.40.